The molecule has 0 aliphatic heterocycles. The molecule has 5 nitrogen and oxygen atoms in total. The second-order valence-electron chi connectivity index (χ2n) is 4.61. The lowest BCUT2D eigenvalue weighted by Crippen LogP contribution is -2.15. The molecule has 0 unspecified atom stereocenters. The van der Waals surface area contributed by atoms with Crippen molar-refractivity contribution in [2.45, 2.75) is 26.7 Å². The van der Waals surface area contributed by atoms with Gasteiger partial charge in [-0.25, -0.2) is 9.78 Å². The molecule has 0 radical (unpaired) electrons. The number of nitrogens with one attached hydrogen (secondary N) is 1. The number of imidazole rings is 1. The standard InChI is InChI=1S/C14H19N3O2/c1-3-10(4-2)9-15-13-12(14(18)19)17-8-6-5-7-11(17)16-13/h5-8,10,15H,3-4,9H2,1-2H3,(H,18,19). The second-order valence-corrected chi connectivity index (χ2v) is 4.61. The number of pyridine rings is 1. The Balaban J connectivity index is 2.31. The van der Waals surface area contributed by atoms with Crippen LogP contribution >= 0.6 is 0 Å². The number of aromatic nitrogens is 2. The summed E-state index contributed by atoms with van der Waals surface area (Å²) in [6.07, 6.45) is 3.85. The van der Waals surface area contributed by atoms with Crippen molar-refractivity contribution in [1.82, 2.24) is 9.38 Å². The summed E-state index contributed by atoms with van der Waals surface area (Å²) in [5.41, 5.74) is 0.841. The first-order chi connectivity index (χ1) is 9.17. The Morgan fingerprint density at radius 1 is 1.42 bits per heavy atom. The molecule has 5 heteroatoms. The van der Waals surface area contributed by atoms with E-state index in [2.05, 4.69) is 24.1 Å². The average Bonchev–Trinajstić information content (AvgIpc) is 2.78. The summed E-state index contributed by atoms with van der Waals surface area (Å²) in [6, 6.07) is 5.44. The van der Waals surface area contributed by atoms with Crippen LogP contribution in [-0.4, -0.2) is 27.0 Å². The Morgan fingerprint density at radius 2 is 2.16 bits per heavy atom. The van der Waals surface area contributed by atoms with Gasteiger partial charge in [0.15, 0.2) is 11.5 Å². The highest BCUT2D eigenvalue weighted by Gasteiger charge is 2.18. The zero-order valence-corrected chi connectivity index (χ0v) is 11.3. The molecule has 0 aliphatic carbocycles. The van der Waals surface area contributed by atoms with Crippen LogP contribution in [0.5, 0.6) is 0 Å². The molecule has 0 aromatic carbocycles. The minimum Gasteiger partial charge on any atom is -0.476 e. The number of hydrogen-bond acceptors (Lipinski definition) is 3. The fraction of sp³-hybridized carbons (Fsp3) is 0.429. The molecule has 2 aromatic rings. The van der Waals surface area contributed by atoms with Crippen molar-refractivity contribution in [2.75, 3.05) is 11.9 Å². The molecule has 0 saturated carbocycles. The summed E-state index contributed by atoms with van der Waals surface area (Å²) in [6.45, 7) is 5.02. The predicted molar refractivity (Wildman–Crippen MR) is 74.7 cm³/mol. The molecule has 2 heterocycles. The highest BCUT2D eigenvalue weighted by molar-refractivity contribution is 5.92. The van der Waals surface area contributed by atoms with Crippen LogP contribution in [0.25, 0.3) is 5.65 Å². The molecule has 2 rings (SSSR count). The van der Waals surface area contributed by atoms with Crippen molar-refractivity contribution in [3.05, 3.63) is 30.1 Å². The third kappa shape index (κ3) is 2.70. The van der Waals surface area contributed by atoms with Crippen LogP contribution in [0.3, 0.4) is 0 Å². The molecule has 0 fully saturated rings. The van der Waals surface area contributed by atoms with Crippen molar-refractivity contribution >= 4 is 17.4 Å². The Bertz CT molecular complexity index is 573. The number of carboxylic acids is 1. The molecule has 102 valence electrons. The minimum absolute atomic E-state index is 0.196. The first-order valence-corrected chi connectivity index (χ1v) is 6.61. The summed E-state index contributed by atoms with van der Waals surface area (Å²) in [7, 11) is 0. The summed E-state index contributed by atoms with van der Waals surface area (Å²) >= 11 is 0. The Morgan fingerprint density at radius 3 is 2.79 bits per heavy atom. The molecular weight excluding hydrogens is 242 g/mol. The monoisotopic (exact) mass is 261 g/mol. The molecule has 0 spiro atoms. The largest absolute Gasteiger partial charge is 0.476 e. The quantitative estimate of drug-likeness (QED) is 0.839. The average molecular weight is 261 g/mol. The highest BCUT2D eigenvalue weighted by Crippen LogP contribution is 2.19. The van der Waals surface area contributed by atoms with E-state index in [1.54, 1.807) is 22.7 Å². The SMILES string of the molecule is CCC(CC)CNc1nc2ccccn2c1C(=O)O. The van der Waals surface area contributed by atoms with Gasteiger partial charge in [-0.1, -0.05) is 32.8 Å². The third-order valence-electron chi connectivity index (χ3n) is 3.45. The maximum atomic E-state index is 11.4. The number of aromatic carboxylic acids is 1. The highest BCUT2D eigenvalue weighted by atomic mass is 16.4. The van der Waals surface area contributed by atoms with Gasteiger partial charge in [-0.15, -0.1) is 0 Å². The number of carboxylic acid groups (broad SMARTS) is 1. The predicted octanol–water partition coefficient (Wildman–Crippen LogP) is 2.88. The van der Waals surface area contributed by atoms with Gasteiger partial charge in [0.25, 0.3) is 0 Å². The van der Waals surface area contributed by atoms with Gasteiger partial charge >= 0.3 is 5.97 Å². The van der Waals surface area contributed by atoms with Gasteiger partial charge in [-0.3, -0.25) is 4.40 Å². The molecule has 0 atom stereocenters. The molecule has 2 aromatic heterocycles. The van der Waals surface area contributed by atoms with E-state index in [0.29, 0.717) is 17.4 Å². The Hall–Kier alpha value is -2.04. The number of rotatable bonds is 6. The number of carbonyl (C=O) groups is 1. The van der Waals surface area contributed by atoms with Crippen molar-refractivity contribution < 1.29 is 9.90 Å². The van der Waals surface area contributed by atoms with Gasteiger partial charge in [-0.05, 0) is 18.1 Å². The molecule has 2 N–H and O–H groups in total. The zero-order chi connectivity index (χ0) is 13.8. The van der Waals surface area contributed by atoms with E-state index in [-0.39, 0.29) is 5.69 Å². The molecule has 0 bridgehead atoms. The van der Waals surface area contributed by atoms with E-state index in [1.807, 2.05) is 6.07 Å². The number of nitrogens with zero attached hydrogens (tertiary/aromatic N) is 2. The molecular formula is C14H19N3O2. The normalized spacial score (nSPS) is 11.1. The van der Waals surface area contributed by atoms with Gasteiger partial charge < -0.3 is 10.4 Å². The van der Waals surface area contributed by atoms with Crippen LogP contribution < -0.4 is 5.32 Å². The Kier molecular flexibility index (Phi) is 4.04. The summed E-state index contributed by atoms with van der Waals surface area (Å²) < 4.78 is 1.59. The topological polar surface area (TPSA) is 66.6 Å². The molecule has 0 aliphatic rings. The van der Waals surface area contributed by atoms with Gasteiger partial charge in [0.2, 0.25) is 0 Å². The van der Waals surface area contributed by atoms with E-state index < -0.39 is 5.97 Å². The molecule has 19 heavy (non-hydrogen) atoms. The minimum atomic E-state index is -0.967. The smallest absolute Gasteiger partial charge is 0.356 e. The van der Waals surface area contributed by atoms with E-state index in [9.17, 15) is 9.90 Å². The van der Waals surface area contributed by atoms with Crippen LogP contribution in [0.4, 0.5) is 5.82 Å². The van der Waals surface area contributed by atoms with E-state index in [1.165, 1.54) is 0 Å². The first-order valence-electron chi connectivity index (χ1n) is 6.61. The number of hydrogen-bond donors (Lipinski definition) is 2. The fourth-order valence-electron chi connectivity index (χ4n) is 2.14. The number of anilines is 1. The fourth-order valence-corrected chi connectivity index (χ4v) is 2.14. The van der Waals surface area contributed by atoms with Crippen molar-refractivity contribution in [3.63, 3.8) is 0 Å². The van der Waals surface area contributed by atoms with Gasteiger partial charge in [0, 0.05) is 12.7 Å². The third-order valence-corrected chi connectivity index (χ3v) is 3.45. The molecule has 0 amide bonds. The number of fused-ring (bicyclic) bond motifs is 1. The van der Waals surface area contributed by atoms with Gasteiger partial charge in [0.1, 0.15) is 5.65 Å². The van der Waals surface area contributed by atoms with E-state index in [4.69, 9.17) is 0 Å². The lowest BCUT2D eigenvalue weighted by atomic mass is 10.0. The second kappa shape index (κ2) is 5.73. The summed E-state index contributed by atoms with van der Waals surface area (Å²) in [5.74, 6) is 0.0165. The maximum Gasteiger partial charge on any atom is 0.356 e. The van der Waals surface area contributed by atoms with Crippen LogP contribution in [0.15, 0.2) is 24.4 Å². The van der Waals surface area contributed by atoms with Crippen LogP contribution in [0.1, 0.15) is 37.2 Å². The van der Waals surface area contributed by atoms with Crippen LogP contribution in [0, 0.1) is 5.92 Å². The lowest BCUT2D eigenvalue weighted by Gasteiger charge is -2.13. The van der Waals surface area contributed by atoms with E-state index >= 15 is 0 Å². The van der Waals surface area contributed by atoms with Crippen LogP contribution in [-0.2, 0) is 0 Å². The zero-order valence-electron chi connectivity index (χ0n) is 11.3. The van der Waals surface area contributed by atoms with Crippen LogP contribution in [0.2, 0.25) is 0 Å². The van der Waals surface area contributed by atoms with Gasteiger partial charge in [-0.2, -0.15) is 0 Å². The molecule has 0 saturated heterocycles. The Labute approximate surface area is 112 Å². The van der Waals surface area contributed by atoms with Gasteiger partial charge in [0.05, 0.1) is 0 Å². The van der Waals surface area contributed by atoms with E-state index in [0.717, 1.165) is 19.4 Å². The first kappa shape index (κ1) is 13.4. The summed E-state index contributed by atoms with van der Waals surface area (Å²) in [5, 5.41) is 12.5. The van der Waals surface area contributed by atoms with Crippen molar-refractivity contribution in [3.8, 4) is 0 Å². The summed E-state index contributed by atoms with van der Waals surface area (Å²) in [4.78, 5) is 15.7. The maximum absolute atomic E-state index is 11.4. The van der Waals surface area contributed by atoms with Crippen molar-refractivity contribution in [2.24, 2.45) is 5.92 Å². The lowest BCUT2D eigenvalue weighted by molar-refractivity contribution is 0.0690. The van der Waals surface area contributed by atoms with Crippen molar-refractivity contribution in [1.29, 1.82) is 0 Å².